The number of fused-ring (bicyclic) bond motifs is 1. The first-order valence-electron chi connectivity index (χ1n) is 6.01. The molecule has 2 rings (SSSR count). The van der Waals surface area contributed by atoms with Crippen molar-refractivity contribution in [2.75, 3.05) is 0 Å². The SMILES string of the molecule is CC(C)(C)C1=CC(=C(C#N)C#N)c2ccccc2O1. The molecule has 0 saturated heterocycles. The van der Waals surface area contributed by atoms with Crippen molar-refractivity contribution in [1.82, 2.24) is 0 Å². The predicted octanol–water partition coefficient (Wildman–Crippen LogP) is 3.81. The van der Waals surface area contributed by atoms with Crippen LogP contribution in [0.4, 0.5) is 0 Å². The maximum Gasteiger partial charge on any atom is 0.137 e. The third-order valence-corrected chi connectivity index (χ3v) is 2.90. The van der Waals surface area contributed by atoms with Gasteiger partial charge >= 0.3 is 0 Å². The van der Waals surface area contributed by atoms with Crippen LogP contribution in [0.5, 0.6) is 5.75 Å². The lowest BCUT2D eigenvalue weighted by Gasteiger charge is -2.28. The van der Waals surface area contributed by atoms with E-state index in [0.29, 0.717) is 11.3 Å². The monoisotopic (exact) mass is 250 g/mol. The van der Waals surface area contributed by atoms with Crippen LogP contribution < -0.4 is 4.74 Å². The van der Waals surface area contributed by atoms with Crippen LogP contribution in [-0.4, -0.2) is 0 Å². The highest BCUT2D eigenvalue weighted by atomic mass is 16.5. The molecule has 1 aliphatic heterocycles. The topological polar surface area (TPSA) is 56.8 Å². The number of hydrogen-bond acceptors (Lipinski definition) is 3. The van der Waals surface area contributed by atoms with E-state index in [4.69, 9.17) is 15.3 Å². The van der Waals surface area contributed by atoms with Gasteiger partial charge in [0, 0.05) is 16.6 Å². The average molecular weight is 250 g/mol. The number of allylic oxidation sites excluding steroid dienone is 4. The van der Waals surface area contributed by atoms with Crippen LogP contribution in [0.3, 0.4) is 0 Å². The Labute approximate surface area is 113 Å². The van der Waals surface area contributed by atoms with Gasteiger partial charge in [-0.25, -0.2) is 0 Å². The normalized spacial score (nSPS) is 13.5. The minimum absolute atomic E-state index is 0.109. The van der Waals surface area contributed by atoms with Crippen molar-refractivity contribution in [2.24, 2.45) is 5.41 Å². The smallest absolute Gasteiger partial charge is 0.137 e. The molecule has 19 heavy (non-hydrogen) atoms. The third kappa shape index (κ3) is 2.37. The molecule has 0 aromatic heterocycles. The number of nitrogens with zero attached hydrogens (tertiary/aromatic N) is 2. The molecule has 3 nitrogen and oxygen atoms in total. The summed E-state index contributed by atoms with van der Waals surface area (Å²) < 4.78 is 5.87. The Bertz CT molecular complexity index is 645. The fourth-order valence-corrected chi connectivity index (χ4v) is 1.86. The fourth-order valence-electron chi connectivity index (χ4n) is 1.86. The van der Waals surface area contributed by atoms with Gasteiger partial charge in [0.25, 0.3) is 0 Å². The van der Waals surface area contributed by atoms with Gasteiger partial charge in [0.15, 0.2) is 0 Å². The van der Waals surface area contributed by atoms with Crippen molar-refractivity contribution < 1.29 is 4.74 Å². The summed E-state index contributed by atoms with van der Waals surface area (Å²) in [5.74, 6) is 1.44. The molecule has 0 N–H and O–H groups in total. The van der Waals surface area contributed by atoms with Gasteiger partial charge in [-0.05, 0) is 12.1 Å². The van der Waals surface area contributed by atoms with Crippen molar-refractivity contribution in [3.8, 4) is 17.9 Å². The lowest BCUT2D eigenvalue weighted by Crippen LogP contribution is -2.18. The molecule has 1 heterocycles. The molecule has 0 radical (unpaired) electrons. The van der Waals surface area contributed by atoms with Crippen LogP contribution >= 0.6 is 0 Å². The van der Waals surface area contributed by atoms with Crippen LogP contribution in [0.1, 0.15) is 26.3 Å². The number of ether oxygens (including phenoxy) is 1. The highest BCUT2D eigenvalue weighted by molar-refractivity contribution is 5.86. The van der Waals surface area contributed by atoms with Crippen LogP contribution in [-0.2, 0) is 0 Å². The summed E-state index contributed by atoms with van der Waals surface area (Å²) in [5.41, 5.74) is 1.34. The van der Waals surface area contributed by atoms with E-state index in [0.717, 1.165) is 11.3 Å². The highest BCUT2D eigenvalue weighted by Crippen LogP contribution is 2.40. The van der Waals surface area contributed by atoms with Crippen LogP contribution in [0, 0.1) is 28.1 Å². The van der Waals surface area contributed by atoms with E-state index in [1.54, 1.807) is 6.08 Å². The van der Waals surface area contributed by atoms with Gasteiger partial charge in [-0.15, -0.1) is 0 Å². The molecule has 0 bridgehead atoms. The van der Waals surface area contributed by atoms with E-state index in [1.807, 2.05) is 57.2 Å². The molecular weight excluding hydrogens is 236 g/mol. The number of benzene rings is 1. The number of nitriles is 2. The van der Waals surface area contributed by atoms with Gasteiger partial charge in [-0.1, -0.05) is 39.0 Å². The Hall–Kier alpha value is -2.52. The Balaban J connectivity index is 2.72. The molecule has 0 fully saturated rings. The summed E-state index contributed by atoms with van der Waals surface area (Å²) >= 11 is 0. The summed E-state index contributed by atoms with van der Waals surface area (Å²) in [6.07, 6.45) is 1.80. The molecule has 3 heteroatoms. The number of para-hydroxylation sites is 1. The molecule has 0 spiro atoms. The molecule has 1 aliphatic rings. The first-order valence-corrected chi connectivity index (χ1v) is 6.01. The third-order valence-electron chi connectivity index (χ3n) is 2.90. The Morgan fingerprint density at radius 1 is 1.11 bits per heavy atom. The van der Waals surface area contributed by atoms with Gasteiger partial charge < -0.3 is 4.74 Å². The van der Waals surface area contributed by atoms with Gasteiger partial charge in [0.1, 0.15) is 29.2 Å². The highest BCUT2D eigenvalue weighted by Gasteiger charge is 2.26. The second-order valence-electron chi connectivity index (χ2n) is 5.37. The first kappa shape index (κ1) is 12.9. The molecule has 1 aromatic carbocycles. The summed E-state index contributed by atoms with van der Waals surface area (Å²) in [4.78, 5) is 0. The maximum absolute atomic E-state index is 9.09. The van der Waals surface area contributed by atoms with Gasteiger partial charge in [-0.3, -0.25) is 0 Å². The van der Waals surface area contributed by atoms with E-state index in [9.17, 15) is 0 Å². The molecule has 0 amide bonds. The minimum atomic E-state index is -0.186. The zero-order chi connectivity index (χ0) is 14.0. The second-order valence-corrected chi connectivity index (χ2v) is 5.37. The standard InChI is InChI=1S/C16H14N2O/c1-16(2,3)15-8-13(11(9-17)10-18)12-6-4-5-7-14(12)19-15/h4-8H,1-3H3. The average Bonchev–Trinajstić information content (AvgIpc) is 2.38. The zero-order valence-electron chi connectivity index (χ0n) is 11.2. The molecule has 0 unspecified atom stereocenters. The molecule has 0 aliphatic carbocycles. The van der Waals surface area contributed by atoms with Crippen LogP contribution in [0.25, 0.3) is 5.57 Å². The fraction of sp³-hybridized carbons (Fsp3) is 0.250. The Morgan fingerprint density at radius 3 is 2.32 bits per heavy atom. The largest absolute Gasteiger partial charge is 0.461 e. The molecular formula is C16H14N2O. The molecule has 1 aromatic rings. The predicted molar refractivity (Wildman–Crippen MR) is 72.8 cm³/mol. The number of hydrogen-bond donors (Lipinski definition) is 0. The van der Waals surface area contributed by atoms with E-state index in [1.165, 1.54) is 0 Å². The van der Waals surface area contributed by atoms with Crippen molar-refractivity contribution in [1.29, 1.82) is 10.5 Å². The van der Waals surface area contributed by atoms with Crippen molar-refractivity contribution in [3.63, 3.8) is 0 Å². The molecule has 94 valence electrons. The Kier molecular flexibility index (Phi) is 3.15. The van der Waals surface area contributed by atoms with Crippen LogP contribution in [0.2, 0.25) is 0 Å². The summed E-state index contributed by atoms with van der Waals surface area (Å²) in [7, 11) is 0. The summed E-state index contributed by atoms with van der Waals surface area (Å²) in [5, 5.41) is 18.2. The lowest BCUT2D eigenvalue weighted by atomic mass is 9.88. The van der Waals surface area contributed by atoms with E-state index < -0.39 is 0 Å². The lowest BCUT2D eigenvalue weighted by molar-refractivity contribution is 0.290. The summed E-state index contributed by atoms with van der Waals surface area (Å²) in [6, 6.07) is 11.4. The summed E-state index contributed by atoms with van der Waals surface area (Å²) in [6.45, 7) is 6.09. The van der Waals surface area contributed by atoms with E-state index >= 15 is 0 Å². The zero-order valence-corrected chi connectivity index (χ0v) is 11.2. The van der Waals surface area contributed by atoms with Crippen molar-refractivity contribution >= 4 is 5.57 Å². The quantitative estimate of drug-likeness (QED) is 0.658. The van der Waals surface area contributed by atoms with Crippen molar-refractivity contribution in [3.05, 3.63) is 47.2 Å². The van der Waals surface area contributed by atoms with Crippen LogP contribution in [0.15, 0.2) is 41.7 Å². The van der Waals surface area contributed by atoms with Gasteiger partial charge in [0.05, 0.1) is 0 Å². The van der Waals surface area contributed by atoms with E-state index in [-0.39, 0.29) is 11.0 Å². The maximum atomic E-state index is 9.09. The number of rotatable bonds is 0. The first-order chi connectivity index (χ1) is 8.97. The van der Waals surface area contributed by atoms with Gasteiger partial charge in [0.2, 0.25) is 0 Å². The second kappa shape index (κ2) is 4.63. The van der Waals surface area contributed by atoms with E-state index in [2.05, 4.69) is 0 Å². The van der Waals surface area contributed by atoms with Gasteiger partial charge in [-0.2, -0.15) is 10.5 Å². The molecule has 0 saturated carbocycles. The molecule has 0 atom stereocenters. The Morgan fingerprint density at radius 2 is 1.74 bits per heavy atom. The van der Waals surface area contributed by atoms with Crippen molar-refractivity contribution in [2.45, 2.75) is 20.8 Å². The minimum Gasteiger partial charge on any atom is -0.461 e.